The van der Waals surface area contributed by atoms with Crippen LogP contribution in [0.25, 0.3) is 0 Å². The molecule has 1 aromatic carbocycles. The third kappa shape index (κ3) is 3.92. The summed E-state index contributed by atoms with van der Waals surface area (Å²) in [5.41, 5.74) is 6.98. The van der Waals surface area contributed by atoms with E-state index in [2.05, 4.69) is 9.71 Å². The van der Waals surface area contributed by atoms with Gasteiger partial charge in [0.25, 0.3) is 10.0 Å². The first-order valence-corrected chi connectivity index (χ1v) is 10.4. The van der Waals surface area contributed by atoms with Crippen molar-refractivity contribution in [3.8, 4) is 5.75 Å². The fraction of sp³-hybridized carbons (Fsp3) is 0.529. The van der Waals surface area contributed by atoms with Crippen molar-refractivity contribution in [2.75, 3.05) is 19.7 Å². The number of amides is 2. The summed E-state index contributed by atoms with van der Waals surface area (Å²) in [5.74, 6) is 0.264. The van der Waals surface area contributed by atoms with Gasteiger partial charge >= 0.3 is 6.03 Å². The van der Waals surface area contributed by atoms with Crippen molar-refractivity contribution in [2.45, 2.75) is 38.0 Å². The zero-order chi connectivity index (χ0) is 18.7. The number of likely N-dealkylation sites (tertiary alicyclic amines) is 1. The third-order valence-electron chi connectivity index (χ3n) is 4.59. The number of urea groups is 1. The number of hydrogen-bond donors (Lipinski definition) is 2. The number of benzene rings is 1. The number of hydrogen-bond acceptors (Lipinski definition) is 5. The van der Waals surface area contributed by atoms with Crippen LogP contribution in [0.3, 0.4) is 0 Å². The highest BCUT2D eigenvalue weighted by atomic mass is 32.2. The largest absolute Gasteiger partial charge is 0.491 e. The van der Waals surface area contributed by atoms with Gasteiger partial charge in [0, 0.05) is 13.1 Å². The highest BCUT2D eigenvalue weighted by Gasteiger charge is 2.29. The average Bonchev–Trinajstić information content (AvgIpc) is 2.59. The molecule has 0 unspecified atom stereocenters. The highest BCUT2D eigenvalue weighted by Crippen LogP contribution is 2.29. The van der Waals surface area contributed by atoms with Crippen LogP contribution in [-0.4, -0.2) is 50.9 Å². The predicted octanol–water partition coefficient (Wildman–Crippen LogP) is 1.20. The molecule has 0 saturated carbocycles. The summed E-state index contributed by atoms with van der Waals surface area (Å²) in [6, 6.07) is 5.09. The number of rotatable bonds is 4. The van der Waals surface area contributed by atoms with Gasteiger partial charge in [-0.05, 0) is 37.8 Å². The van der Waals surface area contributed by atoms with E-state index in [1.54, 1.807) is 18.2 Å². The van der Waals surface area contributed by atoms with Crippen LogP contribution in [0.2, 0.25) is 0 Å². The van der Waals surface area contributed by atoms with Crippen LogP contribution in [0.1, 0.15) is 37.3 Å². The Kier molecular flexibility index (Phi) is 5.36. The molecule has 2 heterocycles. The predicted molar refractivity (Wildman–Crippen MR) is 98.7 cm³/mol. The van der Waals surface area contributed by atoms with E-state index in [1.807, 2.05) is 11.8 Å². The molecule has 9 heteroatoms. The average molecular weight is 380 g/mol. The number of nitrogens with zero attached hydrogens (tertiary/aromatic N) is 2. The van der Waals surface area contributed by atoms with Gasteiger partial charge in [0.2, 0.25) is 0 Å². The van der Waals surface area contributed by atoms with Crippen LogP contribution in [0.4, 0.5) is 4.79 Å². The minimum atomic E-state index is -3.58. The van der Waals surface area contributed by atoms with Gasteiger partial charge in [-0.25, -0.2) is 13.2 Å². The second-order valence-corrected chi connectivity index (χ2v) is 8.12. The standard InChI is InChI=1S/C17H24N4O4S/c1-2-19-17(22)21-9-4-3-7-13(21)10-25-14-8-5-6-12-11-26(23,24)20-16(18)15(12)14/h5-6,8,13H,2-4,7,9-11H2,1H3,(H2,18,20)(H,19,22)/t13-/m0/s1. The lowest BCUT2D eigenvalue weighted by Gasteiger charge is -2.35. The maximum Gasteiger partial charge on any atom is 0.317 e. The van der Waals surface area contributed by atoms with E-state index in [0.717, 1.165) is 19.3 Å². The molecule has 1 atom stereocenters. The molecule has 0 aliphatic carbocycles. The first kappa shape index (κ1) is 18.5. The van der Waals surface area contributed by atoms with Crippen molar-refractivity contribution in [2.24, 2.45) is 10.1 Å². The molecule has 1 saturated heterocycles. The quantitative estimate of drug-likeness (QED) is 0.815. The van der Waals surface area contributed by atoms with Gasteiger partial charge in [0.1, 0.15) is 18.2 Å². The molecule has 3 rings (SSSR count). The van der Waals surface area contributed by atoms with E-state index >= 15 is 0 Å². The van der Waals surface area contributed by atoms with Gasteiger partial charge < -0.3 is 20.7 Å². The first-order valence-electron chi connectivity index (χ1n) is 8.79. The number of carbonyl (C=O) groups excluding carboxylic acids is 1. The number of carbonyl (C=O) groups is 1. The monoisotopic (exact) mass is 380 g/mol. The Labute approximate surface area is 153 Å². The molecule has 2 aliphatic rings. The number of piperidine rings is 1. The smallest absolute Gasteiger partial charge is 0.317 e. The Morgan fingerprint density at radius 2 is 2.23 bits per heavy atom. The van der Waals surface area contributed by atoms with Gasteiger partial charge in [-0.1, -0.05) is 12.1 Å². The van der Waals surface area contributed by atoms with Crippen molar-refractivity contribution in [1.29, 1.82) is 0 Å². The summed E-state index contributed by atoms with van der Waals surface area (Å²) in [7, 11) is -3.58. The number of ether oxygens (including phenoxy) is 1. The van der Waals surface area contributed by atoms with Crippen LogP contribution in [0.15, 0.2) is 22.6 Å². The van der Waals surface area contributed by atoms with Crippen LogP contribution in [-0.2, 0) is 15.8 Å². The van der Waals surface area contributed by atoms with E-state index < -0.39 is 10.0 Å². The Morgan fingerprint density at radius 3 is 3.00 bits per heavy atom. The fourth-order valence-electron chi connectivity index (χ4n) is 3.41. The van der Waals surface area contributed by atoms with Crippen molar-refractivity contribution in [3.05, 3.63) is 29.3 Å². The molecule has 0 bridgehead atoms. The van der Waals surface area contributed by atoms with Crippen LogP contribution in [0.5, 0.6) is 5.75 Å². The molecule has 3 N–H and O–H groups in total. The van der Waals surface area contributed by atoms with Crippen molar-refractivity contribution in [3.63, 3.8) is 0 Å². The van der Waals surface area contributed by atoms with Gasteiger partial charge in [-0.3, -0.25) is 0 Å². The molecular weight excluding hydrogens is 356 g/mol. The van der Waals surface area contributed by atoms with E-state index in [9.17, 15) is 13.2 Å². The summed E-state index contributed by atoms with van der Waals surface area (Å²) in [6.45, 7) is 3.50. The Balaban J connectivity index is 1.77. The van der Waals surface area contributed by atoms with Crippen molar-refractivity contribution >= 4 is 21.9 Å². The SMILES string of the molecule is CCNC(=O)N1CCCC[C@H]1COc1cccc2c1C(N)=NS(=O)(=O)C2. The molecular formula is C17H24N4O4S. The molecule has 1 fully saturated rings. The minimum Gasteiger partial charge on any atom is -0.491 e. The van der Waals surface area contributed by atoms with E-state index in [-0.39, 0.29) is 23.7 Å². The first-order chi connectivity index (χ1) is 12.4. The molecule has 1 aromatic rings. The normalized spacial score (nSPS) is 21.5. The second-order valence-electron chi connectivity index (χ2n) is 6.48. The lowest BCUT2D eigenvalue weighted by atomic mass is 10.0. The summed E-state index contributed by atoms with van der Waals surface area (Å²) in [4.78, 5) is 14.0. The minimum absolute atomic E-state index is 0.0309. The molecule has 2 aliphatic heterocycles. The second kappa shape index (κ2) is 7.53. The molecule has 8 nitrogen and oxygen atoms in total. The molecule has 2 amide bonds. The Bertz CT molecular complexity index is 822. The third-order valence-corrected chi connectivity index (χ3v) is 5.74. The molecule has 0 radical (unpaired) electrons. The molecule has 0 spiro atoms. The van der Waals surface area contributed by atoms with E-state index in [4.69, 9.17) is 10.5 Å². The van der Waals surface area contributed by atoms with Gasteiger partial charge in [0.15, 0.2) is 0 Å². The van der Waals surface area contributed by atoms with Crippen molar-refractivity contribution in [1.82, 2.24) is 10.2 Å². The van der Waals surface area contributed by atoms with Crippen LogP contribution < -0.4 is 15.8 Å². The summed E-state index contributed by atoms with van der Waals surface area (Å²) < 4.78 is 33.1. The number of sulfonamides is 1. The zero-order valence-corrected chi connectivity index (χ0v) is 15.6. The maximum absolute atomic E-state index is 12.2. The topological polar surface area (TPSA) is 114 Å². The number of nitrogens with two attached hydrogens (primary N) is 1. The fourth-order valence-corrected chi connectivity index (χ4v) is 4.50. The number of nitrogens with one attached hydrogen (secondary N) is 1. The van der Waals surface area contributed by atoms with E-state index in [0.29, 0.717) is 36.6 Å². The summed E-state index contributed by atoms with van der Waals surface area (Å²) in [5, 5.41) is 2.84. The molecule has 26 heavy (non-hydrogen) atoms. The number of amidine groups is 1. The maximum atomic E-state index is 12.2. The van der Waals surface area contributed by atoms with Gasteiger partial charge in [0.05, 0.1) is 17.4 Å². The summed E-state index contributed by atoms with van der Waals surface area (Å²) >= 11 is 0. The highest BCUT2D eigenvalue weighted by molar-refractivity contribution is 7.89. The van der Waals surface area contributed by atoms with Crippen LogP contribution >= 0.6 is 0 Å². The van der Waals surface area contributed by atoms with E-state index in [1.165, 1.54) is 0 Å². The summed E-state index contributed by atoms with van der Waals surface area (Å²) in [6.07, 6.45) is 2.88. The van der Waals surface area contributed by atoms with Gasteiger partial charge in [-0.2, -0.15) is 0 Å². The lowest BCUT2D eigenvalue weighted by molar-refractivity contribution is 0.116. The lowest BCUT2D eigenvalue weighted by Crippen LogP contribution is -2.50. The number of fused-ring (bicyclic) bond motifs is 1. The van der Waals surface area contributed by atoms with Gasteiger partial charge in [-0.15, -0.1) is 4.40 Å². The Morgan fingerprint density at radius 1 is 1.42 bits per heavy atom. The molecule has 142 valence electrons. The van der Waals surface area contributed by atoms with Crippen molar-refractivity contribution < 1.29 is 17.9 Å². The molecule has 0 aromatic heterocycles. The zero-order valence-electron chi connectivity index (χ0n) is 14.8. The Hall–Kier alpha value is -2.29. The van der Waals surface area contributed by atoms with Crippen LogP contribution in [0, 0.1) is 0 Å².